The molecule has 2 amide bonds. The summed E-state index contributed by atoms with van der Waals surface area (Å²) < 4.78 is 0. The van der Waals surface area contributed by atoms with Crippen LogP contribution in [0.15, 0.2) is 55.0 Å². The first-order valence-electron chi connectivity index (χ1n) is 10.3. The highest BCUT2D eigenvalue weighted by Gasteiger charge is 2.46. The van der Waals surface area contributed by atoms with Crippen molar-refractivity contribution in [3.8, 4) is 11.1 Å². The molecule has 1 aromatic carbocycles. The van der Waals surface area contributed by atoms with Crippen LogP contribution >= 0.6 is 11.6 Å². The number of nitrogens with one attached hydrogen (secondary N) is 1. The van der Waals surface area contributed by atoms with Crippen molar-refractivity contribution in [3.63, 3.8) is 0 Å². The standard InChI is InChI=1S/C24H21ClN4O2/c1-29-20-6-4-15(11-16(20)5-7-21(29)30)17-12-18(14-26-13-17)24(8-9-24)28-23(31)22-19(25)3-2-10-27-22/h2-4,6,10-14H,5,7-9H2,1H3,(H,28,31). The van der Waals surface area contributed by atoms with Crippen molar-refractivity contribution in [2.75, 3.05) is 11.9 Å². The van der Waals surface area contributed by atoms with Gasteiger partial charge in [0, 0.05) is 43.3 Å². The van der Waals surface area contributed by atoms with E-state index in [1.165, 1.54) is 0 Å². The fourth-order valence-electron chi connectivity index (χ4n) is 4.14. The third kappa shape index (κ3) is 3.57. The minimum atomic E-state index is -0.443. The number of hydrogen-bond acceptors (Lipinski definition) is 4. The molecule has 1 fully saturated rings. The molecular formula is C24H21ClN4O2. The van der Waals surface area contributed by atoms with Crippen LogP contribution in [0, 0.1) is 0 Å². The van der Waals surface area contributed by atoms with E-state index >= 15 is 0 Å². The number of carbonyl (C=O) groups is 2. The van der Waals surface area contributed by atoms with Gasteiger partial charge in [-0.3, -0.25) is 14.6 Å². The number of carbonyl (C=O) groups excluding carboxylic acids is 2. The molecule has 0 saturated heterocycles. The molecule has 6 nitrogen and oxygen atoms in total. The van der Waals surface area contributed by atoms with Gasteiger partial charge in [-0.05, 0) is 66.3 Å². The number of anilines is 1. The quantitative estimate of drug-likeness (QED) is 0.672. The molecule has 3 aromatic rings. The van der Waals surface area contributed by atoms with Gasteiger partial charge in [-0.15, -0.1) is 0 Å². The van der Waals surface area contributed by atoms with Gasteiger partial charge in [-0.25, -0.2) is 4.98 Å². The predicted octanol–water partition coefficient (Wildman–Crippen LogP) is 4.13. The van der Waals surface area contributed by atoms with Crippen LogP contribution in [0.5, 0.6) is 0 Å². The van der Waals surface area contributed by atoms with Gasteiger partial charge in [-0.1, -0.05) is 17.7 Å². The average molecular weight is 433 g/mol. The van der Waals surface area contributed by atoms with Crippen LogP contribution in [0.2, 0.25) is 5.02 Å². The van der Waals surface area contributed by atoms with Crippen LogP contribution in [0.25, 0.3) is 11.1 Å². The molecule has 0 spiro atoms. The molecule has 1 saturated carbocycles. The number of nitrogens with zero attached hydrogens (tertiary/aromatic N) is 3. The number of hydrogen-bond donors (Lipinski definition) is 1. The van der Waals surface area contributed by atoms with Gasteiger partial charge in [0.1, 0.15) is 5.69 Å². The second-order valence-electron chi connectivity index (χ2n) is 8.13. The van der Waals surface area contributed by atoms with E-state index in [4.69, 9.17) is 11.6 Å². The largest absolute Gasteiger partial charge is 0.341 e. The Bertz CT molecular complexity index is 1210. The maximum absolute atomic E-state index is 12.8. The van der Waals surface area contributed by atoms with E-state index in [9.17, 15) is 9.59 Å². The molecular weight excluding hydrogens is 412 g/mol. The van der Waals surface area contributed by atoms with E-state index in [0.29, 0.717) is 11.4 Å². The number of amides is 2. The van der Waals surface area contributed by atoms with Crippen LogP contribution in [-0.4, -0.2) is 28.8 Å². The Morgan fingerprint density at radius 2 is 1.97 bits per heavy atom. The van der Waals surface area contributed by atoms with Gasteiger partial charge in [-0.2, -0.15) is 0 Å². The maximum Gasteiger partial charge on any atom is 0.272 e. The highest BCUT2D eigenvalue weighted by atomic mass is 35.5. The lowest BCUT2D eigenvalue weighted by atomic mass is 9.95. The van der Waals surface area contributed by atoms with Crippen LogP contribution < -0.4 is 10.2 Å². The second-order valence-corrected chi connectivity index (χ2v) is 8.54. The lowest BCUT2D eigenvalue weighted by Crippen LogP contribution is -2.35. The van der Waals surface area contributed by atoms with Crippen LogP contribution in [0.3, 0.4) is 0 Å². The van der Waals surface area contributed by atoms with Crippen molar-refractivity contribution in [2.24, 2.45) is 0 Å². The molecule has 3 heterocycles. The maximum atomic E-state index is 12.8. The van der Waals surface area contributed by atoms with E-state index in [0.717, 1.165) is 47.2 Å². The first kappa shape index (κ1) is 19.7. The molecule has 0 atom stereocenters. The van der Waals surface area contributed by atoms with Gasteiger partial charge in [0.05, 0.1) is 10.6 Å². The molecule has 0 bridgehead atoms. The number of rotatable bonds is 4. The van der Waals surface area contributed by atoms with E-state index < -0.39 is 5.54 Å². The van der Waals surface area contributed by atoms with E-state index in [2.05, 4.69) is 27.4 Å². The molecule has 0 unspecified atom stereocenters. The summed E-state index contributed by atoms with van der Waals surface area (Å²) in [7, 11) is 1.82. The Labute approximate surface area is 185 Å². The molecule has 2 aliphatic rings. The molecule has 1 aliphatic heterocycles. The highest BCUT2D eigenvalue weighted by molar-refractivity contribution is 6.33. The molecule has 156 valence electrons. The summed E-state index contributed by atoms with van der Waals surface area (Å²) in [5.74, 6) is -0.140. The number of halogens is 1. The van der Waals surface area contributed by atoms with Crippen LogP contribution in [0.4, 0.5) is 5.69 Å². The van der Waals surface area contributed by atoms with Crippen molar-refractivity contribution in [2.45, 2.75) is 31.2 Å². The SMILES string of the molecule is CN1C(=O)CCc2cc(-c3cncc(C4(NC(=O)c5ncccc5Cl)CC4)c3)ccc21. The lowest BCUT2D eigenvalue weighted by molar-refractivity contribution is -0.118. The predicted molar refractivity (Wildman–Crippen MR) is 119 cm³/mol. The topological polar surface area (TPSA) is 75.2 Å². The summed E-state index contributed by atoms with van der Waals surface area (Å²) in [6, 6.07) is 11.6. The van der Waals surface area contributed by atoms with Gasteiger partial charge in [0.25, 0.3) is 5.91 Å². The summed E-state index contributed by atoms with van der Waals surface area (Å²) in [6.07, 6.45) is 8.14. The van der Waals surface area contributed by atoms with Gasteiger partial charge >= 0.3 is 0 Å². The number of aromatic nitrogens is 2. The van der Waals surface area contributed by atoms with Crippen LogP contribution in [0.1, 0.15) is 40.9 Å². The summed E-state index contributed by atoms with van der Waals surface area (Å²) in [5.41, 5.74) is 4.90. The van der Waals surface area contributed by atoms with E-state index in [1.807, 2.05) is 31.6 Å². The van der Waals surface area contributed by atoms with Crippen molar-refractivity contribution in [1.82, 2.24) is 15.3 Å². The van der Waals surface area contributed by atoms with Crippen LogP contribution in [-0.2, 0) is 16.8 Å². The number of benzene rings is 1. The van der Waals surface area contributed by atoms with Gasteiger partial charge < -0.3 is 10.2 Å². The zero-order valence-corrected chi connectivity index (χ0v) is 17.8. The zero-order chi connectivity index (χ0) is 21.6. The summed E-state index contributed by atoms with van der Waals surface area (Å²) >= 11 is 6.14. The summed E-state index contributed by atoms with van der Waals surface area (Å²) in [5, 5.41) is 3.44. The smallest absolute Gasteiger partial charge is 0.272 e. The van der Waals surface area contributed by atoms with Crippen molar-refractivity contribution in [3.05, 3.63) is 76.8 Å². The van der Waals surface area contributed by atoms with Gasteiger partial charge in [0.2, 0.25) is 5.91 Å². The first-order chi connectivity index (χ1) is 15.0. The molecule has 7 heteroatoms. The van der Waals surface area contributed by atoms with Crippen molar-refractivity contribution >= 4 is 29.1 Å². The monoisotopic (exact) mass is 432 g/mol. The third-order valence-electron chi connectivity index (χ3n) is 6.12. The zero-order valence-electron chi connectivity index (χ0n) is 17.1. The fraction of sp³-hybridized carbons (Fsp3) is 0.250. The number of aryl methyl sites for hydroxylation is 1. The molecule has 2 aromatic heterocycles. The normalized spacial score (nSPS) is 16.6. The molecule has 0 radical (unpaired) electrons. The average Bonchev–Trinajstić information content (AvgIpc) is 3.57. The minimum Gasteiger partial charge on any atom is -0.341 e. The summed E-state index contributed by atoms with van der Waals surface area (Å²) in [4.78, 5) is 35.0. The Hall–Kier alpha value is -3.25. The third-order valence-corrected chi connectivity index (χ3v) is 6.43. The van der Waals surface area contributed by atoms with Crippen molar-refractivity contribution in [1.29, 1.82) is 0 Å². The van der Waals surface area contributed by atoms with E-state index in [-0.39, 0.29) is 17.5 Å². The summed E-state index contributed by atoms with van der Waals surface area (Å²) in [6.45, 7) is 0. The Balaban J connectivity index is 1.43. The fourth-order valence-corrected chi connectivity index (χ4v) is 4.34. The molecule has 31 heavy (non-hydrogen) atoms. The van der Waals surface area contributed by atoms with Crippen molar-refractivity contribution < 1.29 is 9.59 Å². The minimum absolute atomic E-state index is 0.142. The lowest BCUT2D eigenvalue weighted by Gasteiger charge is -2.26. The Morgan fingerprint density at radius 3 is 2.74 bits per heavy atom. The molecule has 5 rings (SSSR count). The highest BCUT2D eigenvalue weighted by Crippen LogP contribution is 2.46. The Morgan fingerprint density at radius 1 is 1.13 bits per heavy atom. The number of fused-ring (bicyclic) bond motifs is 1. The van der Waals surface area contributed by atoms with E-state index in [1.54, 1.807) is 23.2 Å². The number of pyridine rings is 2. The molecule has 1 N–H and O–H groups in total. The Kier molecular flexibility index (Phi) is 4.74. The first-order valence-corrected chi connectivity index (χ1v) is 10.6. The molecule has 1 aliphatic carbocycles. The van der Waals surface area contributed by atoms with Gasteiger partial charge in [0.15, 0.2) is 0 Å². The second kappa shape index (κ2) is 7.46.